The van der Waals surface area contributed by atoms with E-state index in [4.69, 9.17) is 0 Å². The van der Waals surface area contributed by atoms with Gasteiger partial charge < -0.3 is 9.13 Å². The molecule has 0 aliphatic heterocycles. The molecule has 0 N–H and O–H groups in total. The first-order valence-electron chi connectivity index (χ1n) is 28.3. The summed E-state index contributed by atoms with van der Waals surface area (Å²) in [6.45, 7) is 0. The van der Waals surface area contributed by atoms with E-state index in [1.165, 1.54) is 153 Å². The van der Waals surface area contributed by atoms with Crippen LogP contribution in [0.4, 0.5) is 0 Å². The van der Waals surface area contributed by atoms with Gasteiger partial charge in [0, 0.05) is 32.3 Å². The van der Waals surface area contributed by atoms with E-state index in [-0.39, 0.29) is 0 Å². The average Bonchev–Trinajstić information content (AvgIpc) is 4.29. The van der Waals surface area contributed by atoms with Gasteiger partial charge in [-0.1, -0.05) is 255 Å². The molecule has 0 atom stereocenters. The molecule has 0 amide bonds. The topological polar surface area (TPSA) is 9.86 Å². The fourth-order valence-corrected chi connectivity index (χ4v) is 13.0. The van der Waals surface area contributed by atoms with Crippen LogP contribution in [0.1, 0.15) is 0 Å². The van der Waals surface area contributed by atoms with Crippen molar-refractivity contribution in [2.24, 2.45) is 0 Å². The van der Waals surface area contributed by atoms with Crippen LogP contribution in [0.5, 0.6) is 0 Å². The van der Waals surface area contributed by atoms with Crippen LogP contribution in [-0.4, -0.2) is 9.13 Å². The van der Waals surface area contributed by atoms with Crippen LogP contribution in [0, 0.1) is 0 Å². The van der Waals surface area contributed by atoms with Crippen molar-refractivity contribution in [2.45, 2.75) is 0 Å². The van der Waals surface area contributed by atoms with Crippen molar-refractivity contribution in [3.8, 4) is 55.9 Å². The number of para-hydroxylation sites is 2. The van der Waals surface area contributed by atoms with E-state index in [1.807, 2.05) is 0 Å². The second kappa shape index (κ2) is 19.5. The molecule has 0 radical (unpaired) electrons. The van der Waals surface area contributed by atoms with E-state index >= 15 is 0 Å². The lowest BCUT2D eigenvalue weighted by atomic mass is 9.92. The van der Waals surface area contributed by atoms with Gasteiger partial charge in [0.25, 0.3) is 0 Å². The van der Waals surface area contributed by atoms with Gasteiger partial charge in [-0.3, -0.25) is 0 Å². The van der Waals surface area contributed by atoms with Crippen LogP contribution in [0.25, 0.3) is 153 Å². The predicted octanol–water partition coefficient (Wildman–Crippen LogP) is 22.0. The van der Waals surface area contributed by atoms with Gasteiger partial charge >= 0.3 is 0 Å². The summed E-state index contributed by atoms with van der Waals surface area (Å²) in [5.41, 5.74) is 17.2. The summed E-state index contributed by atoms with van der Waals surface area (Å²) in [5, 5.41) is 17.8. The Bertz CT molecular complexity index is 5320. The zero-order valence-corrected chi connectivity index (χ0v) is 44.9. The fourth-order valence-electron chi connectivity index (χ4n) is 13.0. The highest BCUT2D eigenvalue weighted by molar-refractivity contribution is 6.15. The Morgan fingerprint density at radius 1 is 0.159 bits per heavy atom. The molecule has 82 heavy (non-hydrogen) atoms. The minimum absolute atomic E-state index is 1.21. The van der Waals surface area contributed by atoms with Gasteiger partial charge in [-0.2, -0.15) is 0 Å². The first-order valence-corrected chi connectivity index (χ1v) is 28.3. The van der Waals surface area contributed by atoms with Gasteiger partial charge in [-0.25, -0.2) is 0 Å². The molecule has 0 fully saturated rings. The molecule has 0 aliphatic rings. The van der Waals surface area contributed by atoms with Crippen LogP contribution < -0.4 is 0 Å². The fraction of sp³-hybridized carbons (Fsp3) is 0. The van der Waals surface area contributed by atoms with Crippen molar-refractivity contribution in [3.63, 3.8) is 0 Å². The van der Waals surface area contributed by atoms with Gasteiger partial charge in [0.05, 0.1) is 33.4 Å². The van der Waals surface area contributed by atoms with Crippen LogP contribution in [0.2, 0.25) is 0 Å². The third-order valence-electron chi connectivity index (χ3n) is 17.0. The molecular weight excluding hydrogens is 989 g/mol. The predicted molar refractivity (Wildman–Crippen MR) is 351 cm³/mol. The number of hydrogen-bond acceptors (Lipinski definition) is 0. The molecule has 0 unspecified atom stereocenters. The minimum atomic E-state index is 1.21. The number of rotatable bonds is 6. The van der Waals surface area contributed by atoms with Crippen LogP contribution in [-0.2, 0) is 0 Å². The Hall–Kier alpha value is -10.8. The SMILES string of the molecule is c1ccc2c(-n3c4ccccc4c4cc(-c5ccc(-c6cc7ccccc7c7ccccc67)cc5)ccc43)cccc2c1.c1ccc2cc(-c3ccc(-c4ccc5c(c4)c4ccccc4n5-c4cccc5ccccc45)cc3)ccc2c1. The van der Waals surface area contributed by atoms with Crippen LogP contribution in [0.15, 0.2) is 315 Å². The normalized spacial score (nSPS) is 11.7. The molecule has 0 bridgehead atoms. The van der Waals surface area contributed by atoms with E-state index in [9.17, 15) is 0 Å². The Kier molecular flexibility index (Phi) is 11.2. The number of aromatic nitrogens is 2. The van der Waals surface area contributed by atoms with Crippen molar-refractivity contribution < 1.29 is 0 Å². The maximum Gasteiger partial charge on any atom is 0.0541 e. The largest absolute Gasteiger partial charge is 0.309 e. The van der Waals surface area contributed by atoms with Crippen molar-refractivity contribution in [3.05, 3.63) is 315 Å². The smallest absolute Gasteiger partial charge is 0.0541 e. The van der Waals surface area contributed by atoms with Gasteiger partial charge in [0.15, 0.2) is 0 Å². The first kappa shape index (κ1) is 47.2. The molecule has 2 nitrogen and oxygen atoms in total. The first-order chi connectivity index (χ1) is 40.7. The Morgan fingerprint density at radius 2 is 0.512 bits per heavy atom. The number of nitrogens with zero attached hydrogens (tertiary/aromatic N) is 2. The number of hydrogen-bond donors (Lipinski definition) is 0. The Labute approximate surface area is 475 Å². The lowest BCUT2D eigenvalue weighted by Gasteiger charge is -2.12. The van der Waals surface area contributed by atoms with Gasteiger partial charge in [0.2, 0.25) is 0 Å². The summed E-state index contributed by atoms with van der Waals surface area (Å²) in [6.07, 6.45) is 0. The summed E-state index contributed by atoms with van der Waals surface area (Å²) in [4.78, 5) is 0. The highest BCUT2D eigenvalue weighted by atomic mass is 15.0. The van der Waals surface area contributed by atoms with Crippen LogP contribution in [0.3, 0.4) is 0 Å². The summed E-state index contributed by atoms with van der Waals surface area (Å²) in [6, 6.07) is 115. The van der Waals surface area contributed by atoms with Crippen molar-refractivity contribution >= 4 is 97.5 Å². The molecule has 17 aromatic rings. The average molecular weight is 1040 g/mol. The molecule has 2 aromatic heterocycles. The maximum absolute atomic E-state index is 2.42. The van der Waals surface area contributed by atoms with E-state index in [0.717, 1.165) is 0 Å². The van der Waals surface area contributed by atoms with Crippen LogP contribution >= 0.6 is 0 Å². The zero-order valence-electron chi connectivity index (χ0n) is 44.9. The molecule has 17 rings (SSSR count). The van der Waals surface area contributed by atoms with E-state index in [2.05, 4.69) is 325 Å². The Balaban J connectivity index is 0.000000136. The summed E-state index contributed by atoms with van der Waals surface area (Å²) >= 11 is 0. The van der Waals surface area contributed by atoms with E-state index < -0.39 is 0 Å². The minimum Gasteiger partial charge on any atom is -0.309 e. The second-order valence-corrected chi connectivity index (χ2v) is 21.6. The lowest BCUT2D eigenvalue weighted by Crippen LogP contribution is -1.95. The lowest BCUT2D eigenvalue weighted by molar-refractivity contribution is 1.20. The monoisotopic (exact) mass is 1040 g/mol. The maximum atomic E-state index is 2.42. The molecule has 0 saturated carbocycles. The molecule has 0 spiro atoms. The van der Waals surface area contributed by atoms with Crippen molar-refractivity contribution in [2.75, 3.05) is 0 Å². The number of fused-ring (bicyclic) bond motifs is 12. The summed E-state index contributed by atoms with van der Waals surface area (Å²) < 4.78 is 4.84. The molecule has 382 valence electrons. The van der Waals surface area contributed by atoms with E-state index in [1.54, 1.807) is 0 Å². The highest BCUT2D eigenvalue weighted by Crippen LogP contribution is 2.41. The molecule has 2 heterocycles. The standard InChI is InChI=1S/C42H27N.C38H25N/c1-4-14-34-29(10-1)12-9-19-40(34)43-41-18-8-7-17-37(41)39-26-31(24-25-42(39)43)28-20-22-30(23-21-28)38-27-32-11-2-3-13-33(32)35-15-5-6-16-36(35)38;1-2-10-30-24-31(21-20-26(30)8-1)27-16-18-28(19-17-27)32-22-23-38-35(25-32)34-13-5-6-14-37(34)39(38)36-15-7-11-29-9-3-4-12-33(29)36/h1-27H;1-25H. The second-order valence-electron chi connectivity index (χ2n) is 21.6. The van der Waals surface area contributed by atoms with Gasteiger partial charge in [-0.15, -0.1) is 0 Å². The third-order valence-corrected chi connectivity index (χ3v) is 17.0. The van der Waals surface area contributed by atoms with Crippen molar-refractivity contribution in [1.29, 1.82) is 0 Å². The number of benzene rings is 15. The molecular formula is C80H52N2. The summed E-state index contributed by atoms with van der Waals surface area (Å²) in [5.74, 6) is 0. The van der Waals surface area contributed by atoms with Crippen molar-refractivity contribution in [1.82, 2.24) is 9.13 Å². The molecule has 0 saturated heterocycles. The molecule has 2 heteroatoms. The molecule has 15 aromatic carbocycles. The van der Waals surface area contributed by atoms with Gasteiger partial charge in [0.1, 0.15) is 0 Å². The van der Waals surface area contributed by atoms with Gasteiger partial charge in [-0.05, 0) is 148 Å². The Morgan fingerprint density at radius 3 is 1.05 bits per heavy atom. The zero-order chi connectivity index (χ0) is 54.1. The molecule has 0 aliphatic carbocycles. The third kappa shape index (κ3) is 7.95. The van der Waals surface area contributed by atoms with E-state index in [0.29, 0.717) is 0 Å². The highest BCUT2D eigenvalue weighted by Gasteiger charge is 2.18. The summed E-state index contributed by atoms with van der Waals surface area (Å²) in [7, 11) is 0. The quantitative estimate of drug-likeness (QED) is 0.147.